The Labute approximate surface area is 237 Å². The molecule has 3 amide bonds. The number of hydrogen-bond acceptors (Lipinski definition) is 7. The second-order valence-electron chi connectivity index (χ2n) is 10.1. The quantitative estimate of drug-likeness (QED) is 0.214. The molecule has 0 unspecified atom stereocenters. The highest BCUT2D eigenvalue weighted by molar-refractivity contribution is 5.78. The number of likely N-dealkylation sites (tertiary alicyclic amines) is 1. The average Bonchev–Trinajstić information content (AvgIpc) is 2.97. The van der Waals surface area contributed by atoms with Crippen molar-refractivity contribution in [3.8, 4) is 11.5 Å². The van der Waals surface area contributed by atoms with Crippen LogP contribution in [0.15, 0.2) is 48.5 Å². The number of phenolic OH excluding ortho intramolecular Hbond substituents is 1. The van der Waals surface area contributed by atoms with Gasteiger partial charge in [0.15, 0.2) is 0 Å². The lowest BCUT2D eigenvalue weighted by Gasteiger charge is -2.33. The fourth-order valence-corrected chi connectivity index (χ4v) is 4.65. The minimum Gasteiger partial charge on any atom is -0.508 e. The molecule has 0 saturated carbocycles. The Balaban J connectivity index is 1.26. The molecule has 0 bridgehead atoms. The van der Waals surface area contributed by atoms with E-state index in [1.807, 2.05) is 18.7 Å². The van der Waals surface area contributed by atoms with Gasteiger partial charge in [0.1, 0.15) is 24.2 Å². The maximum Gasteiger partial charge on any atom is 0.317 e. The summed E-state index contributed by atoms with van der Waals surface area (Å²) in [6.07, 6.45) is 2.29. The molecule has 1 aliphatic rings. The van der Waals surface area contributed by atoms with Gasteiger partial charge in [-0.3, -0.25) is 4.79 Å². The van der Waals surface area contributed by atoms with Crippen LogP contribution in [-0.2, 0) is 11.2 Å². The van der Waals surface area contributed by atoms with E-state index in [1.165, 1.54) is 5.56 Å². The molecule has 40 heavy (non-hydrogen) atoms. The third kappa shape index (κ3) is 10.6. The van der Waals surface area contributed by atoms with E-state index in [2.05, 4.69) is 40.2 Å². The second-order valence-corrected chi connectivity index (χ2v) is 10.1. The standard InChI is InChI=1S/C30H45N5O5/c1-3-34(4-2)29(38)14-18-32-30(39)35-19-15-25(16-20-35)33-24-7-5-23(6-8-24)13-17-31-21-27(37)22-40-28-11-9-26(36)10-12-28/h5-12,25,27,31,33,36-37H,3-4,13-22H2,1-2H3,(H,32,39)/t27-/m0/s1. The molecule has 2 aromatic rings. The van der Waals surface area contributed by atoms with Crippen molar-refractivity contribution >= 4 is 17.6 Å². The van der Waals surface area contributed by atoms with E-state index in [0.717, 1.165) is 31.5 Å². The number of nitrogens with zero attached hydrogens (tertiary/aromatic N) is 2. The molecule has 1 saturated heterocycles. The lowest BCUT2D eigenvalue weighted by Crippen LogP contribution is -2.47. The van der Waals surface area contributed by atoms with Gasteiger partial charge in [-0.2, -0.15) is 0 Å². The summed E-state index contributed by atoms with van der Waals surface area (Å²) >= 11 is 0. The summed E-state index contributed by atoms with van der Waals surface area (Å²) in [6, 6.07) is 15.0. The molecule has 220 valence electrons. The van der Waals surface area contributed by atoms with Crippen LogP contribution in [0.2, 0.25) is 0 Å². The Morgan fingerprint density at radius 2 is 1.70 bits per heavy atom. The molecule has 1 fully saturated rings. The predicted molar refractivity (Wildman–Crippen MR) is 157 cm³/mol. The first-order valence-corrected chi connectivity index (χ1v) is 14.3. The second kappa shape index (κ2) is 16.6. The number of anilines is 1. The van der Waals surface area contributed by atoms with Gasteiger partial charge < -0.3 is 40.7 Å². The van der Waals surface area contributed by atoms with Gasteiger partial charge in [0, 0.05) is 57.4 Å². The lowest BCUT2D eigenvalue weighted by molar-refractivity contribution is -0.130. The van der Waals surface area contributed by atoms with Crippen LogP contribution in [0.1, 0.15) is 38.7 Å². The van der Waals surface area contributed by atoms with E-state index in [0.29, 0.717) is 57.5 Å². The van der Waals surface area contributed by atoms with Crippen molar-refractivity contribution in [3.05, 3.63) is 54.1 Å². The minimum absolute atomic E-state index is 0.0718. The largest absolute Gasteiger partial charge is 0.508 e. The molecule has 0 radical (unpaired) electrons. The molecular formula is C30H45N5O5. The topological polar surface area (TPSA) is 126 Å². The maximum atomic E-state index is 12.5. The molecular weight excluding hydrogens is 510 g/mol. The van der Waals surface area contributed by atoms with Gasteiger partial charge in [-0.1, -0.05) is 12.1 Å². The van der Waals surface area contributed by atoms with E-state index in [1.54, 1.807) is 29.2 Å². The lowest BCUT2D eigenvalue weighted by atomic mass is 10.0. The van der Waals surface area contributed by atoms with Gasteiger partial charge in [0.25, 0.3) is 0 Å². The highest BCUT2D eigenvalue weighted by atomic mass is 16.5. The molecule has 1 atom stereocenters. The molecule has 1 heterocycles. The molecule has 0 aromatic heterocycles. The third-order valence-electron chi connectivity index (χ3n) is 7.09. The number of piperidine rings is 1. The molecule has 0 spiro atoms. The Hall–Kier alpha value is -3.50. The first kappa shape index (κ1) is 31.0. The number of urea groups is 1. The summed E-state index contributed by atoms with van der Waals surface area (Å²) < 4.78 is 5.53. The Morgan fingerprint density at radius 3 is 2.35 bits per heavy atom. The number of hydrogen-bond donors (Lipinski definition) is 5. The zero-order valence-corrected chi connectivity index (χ0v) is 23.8. The van der Waals surface area contributed by atoms with Crippen molar-refractivity contribution in [2.75, 3.05) is 57.7 Å². The molecule has 3 rings (SSSR count). The average molecular weight is 556 g/mol. The Bertz CT molecular complexity index is 1020. The highest BCUT2D eigenvalue weighted by Crippen LogP contribution is 2.18. The Morgan fingerprint density at radius 1 is 1.02 bits per heavy atom. The van der Waals surface area contributed by atoms with Crippen LogP contribution in [0.5, 0.6) is 11.5 Å². The number of aromatic hydroxyl groups is 1. The smallest absolute Gasteiger partial charge is 0.317 e. The fraction of sp³-hybridized carbons (Fsp3) is 0.533. The highest BCUT2D eigenvalue weighted by Gasteiger charge is 2.23. The van der Waals surface area contributed by atoms with Crippen molar-refractivity contribution in [3.63, 3.8) is 0 Å². The number of carbonyl (C=O) groups is 2. The normalized spacial score (nSPS) is 14.4. The van der Waals surface area contributed by atoms with E-state index in [9.17, 15) is 19.8 Å². The number of ether oxygens (including phenoxy) is 1. The number of amides is 3. The van der Waals surface area contributed by atoms with Crippen LogP contribution in [0.25, 0.3) is 0 Å². The van der Waals surface area contributed by atoms with Crippen LogP contribution in [0, 0.1) is 0 Å². The minimum atomic E-state index is -0.625. The van der Waals surface area contributed by atoms with Crippen molar-refractivity contribution in [1.82, 2.24) is 20.4 Å². The monoisotopic (exact) mass is 555 g/mol. The van der Waals surface area contributed by atoms with Crippen LogP contribution in [0.3, 0.4) is 0 Å². The van der Waals surface area contributed by atoms with Crippen molar-refractivity contribution in [2.24, 2.45) is 0 Å². The fourth-order valence-electron chi connectivity index (χ4n) is 4.65. The van der Waals surface area contributed by atoms with Gasteiger partial charge >= 0.3 is 6.03 Å². The zero-order valence-electron chi connectivity index (χ0n) is 23.8. The summed E-state index contributed by atoms with van der Waals surface area (Å²) in [5.74, 6) is 0.859. The summed E-state index contributed by atoms with van der Waals surface area (Å²) in [5, 5.41) is 29.1. The van der Waals surface area contributed by atoms with Crippen LogP contribution < -0.4 is 20.7 Å². The maximum absolute atomic E-state index is 12.5. The Kier molecular flexibility index (Phi) is 12.9. The number of phenols is 1. The van der Waals surface area contributed by atoms with E-state index in [4.69, 9.17) is 4.74 Å². The number of benzene rings is 2. The number of aliphatic hydroxyl groups is 1. The summed E-state index contributed by atoms with van der Waals surface area (Å²) in [5.41, 5.74) is 2.27. The van der Waals surface area contributed by atoms with Crippen LogP contribution in [0.4, 0.5) is 10.5 Å². The van der Waals surface area contributed by atoms with Gasteiger partial charge in [-0.25, -0.2) is 4.79 Å². The number of carbonyl (C=O) groups excluding carboxylic acids is 2. The van der Waals surface area contributed by atoms with Gasteiger partial charge in [-0.15, -0.1) is 0 Å². The summed E-state index contributed by atoms with van der Waals surface area (Å²) in [4.78, 5) is 28.2. The summed E-state index contributed by atoms with van der Waals surface area (Å²) in [6.45, 7) is 8.39. The predicted octanol–water partition coefficient (Wildman–Crippen LogP) is 2.81. The van der Waals surface area contributed by atoms with Gasteiger partial charge in [0.05, 0.1) is 0 Å². The molecule has 1 aliphatic heterocycles. The number of aliphatic hydroxyl groups excluding tert-OH is 1. The summed E-state index contributed by atoms with van der Waals surface area (Å²) in [7, 11) is 0. The van der Waals surface area contributed by atoms with E-state index < -0.39 is 6.10 Å². The zero-order chi connectivity index (χ0) is 28.7. The van der Waals surface area contributed by atoms with Crippen molar-refractivity contribution in [1.29, 1.82) is 0 Å². The first-order valence-electron chi connectivity index (χ1n) is 14.3. The third-order valence-corrected chi connectivity index (χ3v) is 7.09. The molecule has 5 N–H and O–H groups in total. The SMILES string of the molecule is CCN(CC)C(=O)CCNC(=O)N1CCC(Nc2ccc(CCNC[C@H](O)COc3ccc(O)cc3)cc2)CC1. The van der Waals surface area contributed by atoms with Gasteiger partial charge in [0.2, 0.25) is 5.91 Å². The van der Waals surface area contributed by atoms with E-state index >= 15 is 0 Å². The molecule has 10 heteroatoms. The molecule has 0 aliphatic carbocycles. The van der Waals surface area contributed by atoms with Crippen LogP contribution >= 0.6 is 0 Å². The van der Waals surface area contributed by atoms with E-state index in [-0.39, 0.29) is 24.3 Å². The van der Waals surface area contributed by atoms with Crippen molar-refractivity contribution < 1.29 is 24.5 Å². The van der Waals surface area contributed by atoms with Crippen LogP contribution in [-0.4, -0.2) is 96.5 Å². The van der Waals surface area contributed by atoms with Gasteiger partial charge in [-0.05, 0) is 81.6 Å². The van der Waals surface area contributed by atoms with Crippen molar-refractivity contribution in [2.45, 2.75) is 51.7 Å². The first-order chi connectivity index (χ1) is 19.4. The molecule has 10 nitrogen and oxygen atoms in total. The molecule has 2 aromatic carbocycles. The number of rotatable bonds is 15. The number of nitrogens with one attached hydrogen (secondary N) is 3.